The van der Waals surface area contributed by atoms with Gasteiger partial charge in [0.1, 0.15) is 0 Å². The van der Waals surface area contributed by atoms with Crippen LogP contribution in [0.4, 0.5) is 0 Å². The molecule has 0 bridgehead atoms. The SMILES string of the molecule is CCC(C)CC1CC(C)C1. The van der Waals surface area contributed by atoms with Crippen molar-refractivity contribution in [2.75, 3.05) is 0 Å². The van der Waals surface area contributed by atoms with Gasteiger partial charge in [0, 0.05) is 0 Å². The molecule has 10 heavy (non-hydrogen) atoms. The third kappa shape index (κ3) is 2.00. The van der Waals surface area contributed by atoms with Crippen LogP contribution in [0, 0.1) is 17.8 Å². The number of hydrogen-bond donors (Lipinski definition) is 0. The summed E-state index contributed by atoms with van der Waals surface area (Å²) >= 11 is 0. The first-order chi connectivity index (χ1) is 4.72. The van der Waals surface area contributed by atoms with Gasteiger partial charge in [0.15, 0.2) is 0 Å². The third-order valence-electron chi connectivity index (χ3n) is 2.90. The van der Waals surface area contributed by atoms with Gasteiger partial charge in [-0.3, -0.25) is 0 Å². The Kier molecular flexibility index (Phi) is 2.76. The predicted molar refractivity (Wildman–Crippen MR) is 46.0 cm³/mol. The van der Waals surface area contributed by atoms with E-state index in [0.29, 0.717) is 0 Å². The fourth-order valence-electron chi connectivity index (χ4n) is 2.00. The maximum Gasteiger partial charge on any atom is -0.0407 e. The van der Waals surface area contributed by atoms with E-state index in [1.54, 1.807) is 0 Å². The third-order valence-corrected chi connectivity index (χ3v) is 2.90. The zero-order valence-corrected chi connectivity index (χ0v) is 7.56. The van der Waals surface area contributed by atoms with Crippen molar-refractivity contribution in [2.45, 2.75) is 46.5 Å². The van der Waals surface area contributed by atoms with Crippen LogP contribution in [0.15, 0.2) is 0 Å². The minimum Gasteiger partial charge on any atom is -0.0651 e. The van der Waals surface area contributed by atoms with Crippen molar-refractivity contribution >= 4 is 0 Å². The average Bonchev–Trinajstić information content (AvgIpc) is 1.84. The van der Waals surface area contributed by atoms with Crippen LogP contribution in [0.25, 0.3) is 0 Å². The Morgan fingerprint density at radius 3 is 2.40 bits per heavy atom. The van der Waals surface area contributed by atoms with E-state index in [9.17, 15) is 0 Å². The Balaban J connectivity index is 2.04. The van der Waals surface area contributed by atoms with Crippen molar-refractivity contribution in [1.82, 2.24) is 0 Å². The molecule has 0 nitrogen and oxygen atoms in total. The highest BCUT2D eigenvalue weighted by molar-refractivity contribution is 4.77. The molecule has 0 saturated heterocycles. The minimum absolute atomic E-state index is 0.970. The van der Waals surface area contributed by atoms with Crippen LogP contribution >= 0.6 is 0 Å². The van der Waals surface area contributed by atoms with Crippen molar-refractivity contribution in [3.63, 3.8) is 0 Å². The molecule has 1 unspecified atom stereocenters. The lowest BCUT2D eigenvalue weighted by molar-refractivity contribution is 0.175. The second-order valence-electron chi connectivity index (χ2n) is 4.19. The van der Waals surface area contributed by atoms with Crippen molar-refractivity contribution in [1.29, 1.82) is 0 Å². The van der Waals surface area contributed by atoms with Gasteiger partial charge in [0.25, 0.3) is 0 Å². The van der Waals surface area contributed by atoms with Crippen LogP contribution in [-0.4, -0.2) is 0 Å². The lowest BCUT2D eigenvalue weighted by atomic mass is 9.72. The van der Waals surface area contributed by atoms with E-state index in [-0.39, 0.29) is 0 Å². The van der Waals surface area contributed by atoms with Crippen LogP contribution in [0.5, 0.6) is 0 Å². The zero-order chi connectivity index (χ0) is 7.56. The van der Waals surface area contributed by atoms with Gasteiger partial charge in [-0.1, -0.05) is 27.2 Å². The molecule has 1 rings (SSSR count). The Morgan fingerprint density at radius 1 is 1.40 bits per heavy atom. The second kappa shape index (κ2) is 3.41. The molecular weight excluding hydrogens is 120 g/mol. The van der Waals surface area contributed by atoms with Crippen LogP contribution in [0.2, 0.25) is 0 Å². The fourth-order valence-corrected chi connectivity index (χ4v) is 2.00. The largest absolute Gasteiger partial charge is 0.0651 e. The van der Waals surface area contributed by atoms with Gasteiger partial charge in [-0.15, -0.1) is 0 Å². The molecule has 0 aromatic rings. The molecule has 0 N–H and O–H groups in total. The monoisotopic (exact) mass is 140 g/mol. The molecular formula is C10H20. The first kappa shape index (κ1) is 8.10. The zero-order valence-electron chi connectivity index (χ0n) is 7.56. The van der Waals surface area contributed by atoms with E-state index in [0.717, 1.165) is 17.8 Å². The lowest BCUT2D eigenvalue weighted by Crippen LogP contribution is -2.22. The molecule has 1 atom stereocenters. The quantitative estimate of drug-likeness (QED) is 0.563. The van der Waals surface area contributed by atoms with Gasteiger partial charge >= 0.3 is 0 Å². The molecule has 0 heteroatoms. The van der Waals surface area contributed by atoms with Crippen molar-refractivity contribution in [2.24, 2.45) is 17.8 Å². The van der Waals surface area contributed by atoms with E-state index in [4.69, 9.17) is 0 Å². The van der Waals surface area contributed by atoms with Gasteiger partial charge < -0.3 is 0 Å². The molecule has 1 aliphatic carbocycles. The summed E-state index contributed by atoms with van der Waals surface area (Å²) in [6, 6.07) is 0. The normalized spacial score (nSPS) is 35.1. The van der Waals surface area contributed by atoms with E-state index in [2.05, 4.69) is 20.8 Å². The van der Waals surface area contributed by atoms with E-state index < -0.39 is 0 Å². The highest BCUT2D eigenvalue weighted by Gasteiger charge is 2.25. The minimum atomic E-state index is 0.970. The van der Waals surface area contributed by atoms with Gasteiger partial charge in [-0.25, -0.2) is 0 Å². The Bertz CT molecular complexity index is 90.2. The first-order valence-electron chi connectivity index (χ1n) is 4.72. The molecule has 0 heterocycles. The first-order valence-corrected chi connectivity index (χ1v) is 4.72. The van der Waals surface area contributed by atoms with Gasteiger partial charge in [0.2, 0.25) is 0 Å². The molecule has 60 valence electrons. The maximum atomic E-state index is 2.38. The number of rotatable bonds is 3. The topological polar surface area (TPSA) is 0 Å². The summed E-state index contributed by atoms with van der Waals surface area (Å²) in [4.78, 5) is 0. The highest BCUT2D eigenvalue weighted by atomic mass is 14.3. The van der Waals surface area contributed by atoms with Crippen LogP contribution in [0.1, 0.15) is 46.5 Å². The van der Waals surface area contributed by atoms with Crippen LogP contribution in [0.3, 0.4) is 0 Å². The Morgan fingerprint density at radius 2 is 2.00 bits per heavy atom. The van der Waals surface area contributed by atoms with Gasteiger partial charge in [-0.05, 0) is 37.0 Å². The predicted octanol–water partition coefficient (Wildman–Crippen LogP) is 3.47. The van der Waals surface area contributed by atoms with Gasteiger partial charge in [-0.2, -0.15) is 0 Å². The summed E-state index contributed by atoms with van der Waals surface area (Å²) in [7, 11) is 0. The van der Waals surface area contributed by atoms with E-state index in [1.165, 1.54) is 25.7 Å². The maximum absolute atomic E-state index is 2.38. The molecule has 0 aromatic heterocycles. The molecule has 0 aromatic carbocycles. The smallest absolute Gasteiger partial charge is 0.0407 e. The van der Waals surface area contributed by atoms with Crippen molar-refractivity contribution < 1.29 is 0 Å². The molecule has 1 aliphatic rings. The summed E-state index contributed by atoms with van der Waals surface area (Å²) in [6.45, 7) is 7.04. The Labute approximate surface area is 65.0 Å². The lowest BCUT2D eigenvalue weighted by Gasteiger charge is -2.34. The molecule has 0 radical (unpaired) electrons. The fraction of sp³-hybridized carbons (Fsp3) is 1.00. The summed E-state index contributed by atoms with van der Waals surface area (Å²) in [5.74, 6) is 3.09. The summed E-state index contributed by atoms with van der Waals surface area (Å²) in [6.07, 6.45) is 5.86. The average molecular weight is 140 g/mol. The standard InChI is InChI=1S/C10H20/c1-4-8(2)5-10-6-9(3)7-10/h8-10H,4-7H2,1-3H3. The molecule has 0 spiro atoms. The molecule has 0 amide bonds. The van der Waals surface area contributed by atoms with Gasteiger partial charge in [0.05, 0.1) is 0 Å². The van der Waals surface area contributed by atoms with Crippen LogP contribution in [-0.2, 0) is 0 Å². The summed E-state index contributed by atoms with van der Waals surface area (Å²) in [5, 5.41) is 0. The molecule has 1 saturated carbocycles. The number of hydrogen-bond acceptors (Lipinski definition) is 0. The van der Waals surface area contributed by atoms with E-state index in [1.807, 2.05) is 0 Å². The van der Waals surface area contributed by atoms with E-state index >= 15 is 0 Å². The Hall–Kier alpha value is 0. The highest BCUT2D eigenvalue weighted by Crippen LogP contribution is 2.37. The molecule has 0 aliphatic heterocycles. The van der Waals surface area contributed by atoms with Crippen molar-refractivity contribution in [3.8, 4) is 0 Å². The second-order valence-corrected chi connectivity index (χ2v) is 4.19. The summed E-state index contributed by atoms with van der Waals surface area (Å²) in [5.41, 5.74) is 0. The van der Waals surface area contributed by atoms with Crippen LogP contribution < -0.4 is 0 Å². The van der Waals surface area contributed by atoms with Crippen molar-refractivity contribution in [3.05, 3.63) is 0 Å². The summed E-state index contributed by atoms with van der Waals surface area (Å²) < 4.78 is 0. The molecule has 1 fully saturated rings.